The van der Waals surface area contributed by atoms with Gasteiger partial charge in [-0.3, -0.25) is 0 Å². The van der Waals surface area contributed by atoms with E-state index in [2.05, 4.69) is 25.9 Å². The Bertz CT molecular complexity index is 1150. The molecule has 2 aromatic heterocycles. The molecule has 1 saturated heterocycles. The molecule has 1 saturated carbocycles. The first-order chi connectivity index (χ1) is 15.1. The van der Waals surface area contributed by atoms with Crippen molar-refractivity contribution >= 4 is 28.7 Å². The summed E-state index contributed by atoms with van der Waals surface area (Å²) in [5.74, 6) is 1.45. The van der Waals surface area contributed by atoms with Crippen LogP contribution in [0.15, 0.2) is 30.5 Å². The number of piperidine rings is 1. The number of aromatic nitrogens is 3. The monoisotopic (exact) mass is 421 g/mol. The number of aliphatic hydroxyl groups excluding tert-OH is 1. The van der Waals surface area contributed by atoms with Gasteiger partial charge < -0.3 is 21.1 Å². The van der Waals surface area contributed by atoms with E-state index in [9.17, 15) is 9.50 Å². The van der Waals surface area contributed by atoms with Crippen LogP contribution in [0.3, 0.4) is 0 Å². The lowest BCUT2D eigenvalue weighted by Gasteiger charge is -2.28. The van der Waals surface area contributed by atoms with Crippen molar-refractivity contribution in [2.45, 2.75) is 31.3 Å². The van der Waals surface area contributed by atoms with Gasteiger partial charge in [-0.25, -0.2) is 14.2 Å². The number of nitrogens with zero attached hydrogens (tertiary/aromatic N) is 4. The number of fused-ring (bicyclic) bond motifs is 1. The fourth-order valence-electron chi connectivity index (χ4n) is 4.07. The summed E-state index contributed by atoms with van der Waals surface area (Å²) < 4.78 is 15.7. The van der Waals surface area contributed by atoms with Crippen molar-refractivity contribution in [3.8, 4) is 0 Å². The Kier molecular flexibility index (Phi) is 5.18. The number of benzene rings is 1. The van der Waals surface area contributed by atoms with Crippen LogP contribution in [0, 0.1) is 18.3 Å². The zero-order chi connectivity index (χ0) is 21.4. The van der Waals surface area contributed by atoms with Crippen molar-refractivity contribution < 1.29 is 9.50 Å². The van der Waals surface area contributed by atoms with Crippen molar-refractivity contribution in [2.24, 2.45) is 5.92 Å². The topological polar surface area (TPSA) is 90.9 Å². The zero-order valence-electron chi connectivity index (χ0n) is 17.0. The van der Waals surface area contributed by atoms with Crippen LogP contribution in [-0.4, -0.2) is 45.4 Å². The number of anilines is 3. The molecular formula is C22H24FN7O. The summed E-state index contributed by atoms with van der Waals surface area (Å²) in [6.45, 7) is 9.28. The van der Waals surface area contributed by atoms with Crippen molar-refractivity contribution in [2.75, 3.05) is 30.3 Å². The Morgan fingerprint density at radius 3 is 2.90 bits per heavy atom. The highest BCUT2D eigenvalue weighted by Gasteiger charge is 2.28. The van der Waals surface area contributed by atoms with E-state index in [0.29, 0.717) is 36.3 Å². The molecule has 160 valence electrons. The molecule has 1 aromatic carbocycles. The lowest BCUT2D eigenvalue weighted by molar-refractivity contribution is 0.0883. The second kappa shape index (κ2) is 8.13. The maximum atomic E-state index is 13.9. The molecule has 2 fully saturated rings. The summed E-state index contributed by atoms with van der Waals surface area (Å²) in [6.07, 6.45) is 4.61. The second-order valence-electron chi connectivity index (χ2n) is 8.27. The van der Waals surface area contributed by atoms with Crippen LogP contribution in [0.4, 0.5) is 27.4 Å². The molecule has 2 aliphatic rings. The highest BCUT2D eigenvalue weighted by Crippen LogP contribution is 2.42. The van der Waals surface area contributed by atoms with Crippen molar-refractivity contribution in [3.05, 3.63) is 53.3 Å². The van der Waals surface area contributed by atoms with Gasteiger partial charge in [0.1, 0.15) is 17.5 Å². The molecular weight excluding hydrogens is 397 g/mol. The summed E-state index contributed by atoms with van der Waals surface area (Å²) in [4.78, 5) is 8.12. The van der Waals surface area contributed by atoms with Crippen molar-refractivity contribution in [1.82, 2.24) is 19.9 Å². The minimum atomic E-state index is -0.473. The Morgan fingerprint density at radius 2 is 2.13 bits per heavy atom. The van der Waals surface area contributed by atoms with Crippen LogP contribution in [0.1, 0.15) is 30.7 Å². The van der Waals surface area contributed by atoms with Crippen LogP contribution in [0.25, 0.3) is 10.5 Å². The highest BCUT2D eigenvalue weighted by atomic mass is 19.1. The number of nitrogens with one attached hydrogen (secondary N) is 3. The quantitative estimate of drug-likeness (QED) is 0.456. The van der Waals surface area contributed by atoms with Crippen LogP contribution in [0.2, 0.25) is 0 Å². The van der Waals surface area contributed by atoms with E-state index in [-0.39, 0.29) is 17.7 Å². The smallest absolute Gasteiger partial charge is 0.192 e. The molecule has 5 rings (SSSR count). The molecule has 3 aromatic rings. The van der Waals surface area contributed by atoms with Gasteiger partial charge >= 0.3 is 0 Å². The van der Waals surface area contributed by atoms with Gasteiger partial charge in [0.15, 0.2) is 11.3 Å². The molecule has 1 aliphatic carbocycles. The van der Waals surface area contributed by atoms with Crippen LogP contribution in [-0.2, 0) is 0 Å². The molecule has 8 nitrogen and oxygen atoms in total. The molecule has 4 N–H and O–H groups in total. The maximum absolute atomic E-state index is 13.9. The fourth-order valence-corrected chi connectivity index (χ4v) is 4.07. The molecule has 0 spiro atoms. The van der Waals surface area contributed by atoms with E-state index in [0.717, 1.165) is 37.0 Å². The minimum Gasteiger partial charge on any atom is -0.391 e. The molecule has 9 heteroatoms. The third-order valence-corrected chi connectivity index (χ3v) is 5.94. The third-order valence-electron chi connectivity index (χ3n) is 5.94. The molecule has 0 unspecified atom stereocenters. The standard InChI is InChI=1S/C22H24FN7O/c1-24-16-6-15(23)7-17(8-16)28-21-9-20(26-10-14-4-5-25-12-19(14)31)29-22-18(13-2-3-13)11-27-30(21)22/h6-9,11,13-14,19,25,28,31H,2-5,10,12H2,(H,26,29)/t14-,19+/m0/s1. The second-order valence-corrected chi connectivity index (χ2v) is 8.27. The molecule has 0 amide bonds. The van der Waals surface area contributed by atoms with Gasteiger partial charge in [0.25, 0.3) is 0 Å². The van der Waals surface area contributed by atoms with Gasteiger partial charge in [-0.15, -0.1) is 0 Å². The average molecular weight is 421 g/mol. The Hall–Kier alpha value is -3.22. The molecule has 0 radical (unpaired) electrons. The first-order valence-electron chi connectivity index (χ1n) is 10.6. The van der Waals surface area contributed by atoms with Crippen LogP contribution >= 0.6 is 0 Å². The largest absolute Gasteiger partial charge is 0.391 e. The van der Waals surface area contributed by atoms with E-state index in [4.69, 9.17) is 11.6 Å². The fraction of sp³-hybridized carbons (Fsp3) is 0.409. The number of β-amino-alcohol motifs (C(OH)–C–C–N with tert-alkyl or cyclic N) is 1. The van der Waals surface area contributed by atoms with Crippen molar-refractivity contribution in [1.29, 1.82) is 0 Å². The van der Waals surface area contributed by atoms with Crippen molar-refractivity contribution in [3.63, 3.8) is 0 Å². The Labute approximate surface area is 179 Å². The summed E-state index contributed by atoms with van der Waals surface area (Å²) in [5.41, 5.74) is 2.57. The Morgan fingerprint density at radius 1 is 1.26 bits per heavy atom. The zero-order valence-corrected chi connectivity index (χ0v) is 17.0. The van der Waals surface area contributed by atoms with Gasteiger partial charge in [-0.05, 0) is 49.9 Å². The molecule has 3 heterocycles. The van der Waals surface area contributed by atoms with Gasteiger partial charge in [0, 0.05) is 36.3 Å². The van der Waals surface area contributed by atoms with Gasteiger partial charge in [-0.2, -0.15) is 9.61 Å². The van der Waals surface area contributed by atoms with Gasteiger partial charge in [0.05, 0.1) is 18.9 Å². The average Bonchev–Trinajstić information content (AvgIpc) is 3.51. The van der Waals surface area contributed by atoms with Gasteiger partial charge in [0.2, 0.25) is 0 Å². The maximum Gasteiger partial charge on any atom is 0.192 e. The molecule has 1 aliphatic heterocycles. The summed E-state index contributed by atoms with van der Waals surface area (Å²) in [7, 11) is 0. The van der Waals surface area contributed by atoms with Crippen LogP contribution < -0.4 is 16.0 Å². The lowest BCUT2D eigenvalue weighted by atomic mass is 9.95. The first-order valence-corrected chi connectivity index (χ1v) is 10.6. The SMILES string of the molecule is [C-]#[N+]c1cc(F)cc(Nc2cc(NC[C@@H]3CCNC[C@H]3O)nc3c(C4CC4)cnn23)c1. The molecule has 31 heavy (non-hydrogen) atoms. The van der Waals surface area contributed by atoms with E-state index in [1.165, 1.54) is 12.1 Å². The van der Waals surface area contributed by atoms with E-state index >= 15 is 0 Å². The Balaban J connectivity index is 1.47. The summed E-state index contributed by atoms with van der Waals surface area (Å²) in [6, 6.07) is 5.99. The number of hydrogen-bond acceptors (Lipinski definition) is 6. The van der Waals surface area contributed by atoms with E-state index < -0.39 is 5.82 Å². The summed E-state index contributed by atoms with van der Waals surface area (Å²) in [5, 5.41) is 24.5. The normalized spacial score (nSPS) is 21.1. The molecule has 2 atom stereocenters. The lowest BCUT2D eigenvalue weighted by Crippen LogP contribution is -2.43. The predicted octanol–water partition coefficient (Wildman–Crippen LogP) is 3.42. The predicted molar refractivity (Wildman–Crippen MR) is 116 cm³/mol. The summed E-state index contributed by atoms with van der Waals surface area (Å²) >= 11 is 0. The molecule has 0 bridgehead atoms. The van der Waals surface area contributed by atoms with E-state index in [1.807, 2.05) is 12.3 Å². The third kappa shape index (κ3) is 4.17. The van der Waals surface area contributed by atoms with Crippen LogP contribution in [0.5, 0.6) is 0 Å². The number of aliphatic hydroxyl groups is 1. The van der Waals surface area contributed by atoms with Gasteiger partial charge in [-0.1, -0.05) is 0 Å². The number of rotatable bonds is 6. The number of hydrogen-bond donors (Lipinski definition) is 4. The van der Waals surface area contributed by atoms with E-state index in [1.54, 1.807) is 10.6 Å². The minimum absolute atomic E-state index is 0.146. The highest BCUT2D eigenvalue weighted by molar-refractivity contribution is 5.68. The first kappa shape index (κ1) is 19.7. The number of halogens is 1.